The van der Waals surface area contributed by atoms with Gasteiger partial charge in [0.2, 0.25) is 0 Å². The first-order chi connectivity index (χ1) is 6.59. The first kappa shape index (κ1) is 13.9. The lowest BCUT2D eigenvalue weighted by Gasteiger charge is -2.02. The average Bonchev–Trinajstić information content (AvgIpc) is 2.15. The van der Waals surface area contributed by atoms with Crippen molar-refractivity contribution in [2.45, 2.75) is 0 Å². The van der Waals surface area contributed by atoms with Crippen molar-refractivity contribution in [2.75, 3.05) is 14.1 Å². The lowest BCUT2D eigenvalue weighted by atomic mass is 10.2. The van der Waals surface area contributed by atoms with Gasteiger partial charge in [0.25, 0.3) is 5.24 Å². The Morgan fingerprint density at radius 2 is 1.87 bits per heavy atom. The van der Waals surface area contributed by atoms with Crippen LogP contribution in [0, 0.1) is 0 Å². The van der Waals surface area contributed by atoms with E-state index in [9.17, 15) is 4.79 Å². The number of benzene rings is 1. The average molecular weight is 247 g/mol. The number of hydrogen-bond donors (Lipinski definition) is 0. The molecule has 0 bridgehead atoms. The lowest BCUT2D eigenvalue weighted by Crippen LogP contribution is -2.06. The first-order valence-electron chi connectivity index (χ1n) is 4.10. The SMILES string of the molecule is CN(C)C=Nc1ccc(C(=O)Cl)cc1.Cl. The molecule has 0 aliphatic heterocycles. The van der Waals surface area contributed by atoms with Crippen molar-refractivity contribution in [1.29, 1.82) is 0 Å². The zero-order valence-corrected chi connectivity index (χ0v) is 10.0. The molecule has 3 nitrogen and oxygen atoms in total. The van der Waals surface area contributed by atoms with E-state index in [1.54, 1.807) is 30.6 Å². The van der Waals surface area contributed by atoms with E-state index in [0.717, 1.165) is 5.69 Å². The largest absolute Gasteiger partial charge is 0.369 e. The predicted molar refractivity (Wildman–Crippen MR) is 65.7 cm³/mol. The van der Waals surface area contributed by atoms with E-state index >= 15 is 0 Å². The molecule has 15 heavy (non-hydrogen) atoms. The third-order valence-electron chi connectivity index (χ3n) is 1.53. The van der Waals surface area contributed by atoms with Crippen molar-refractivity contribution < 1.29 is 4.79 Å². The summed E-state index contributed by atoms with van der Waals surface area (Å²) in [4.78, 5) is 16.7. The molecular weight excluding hydrogens is 235 g/mol. The third kappa shape index (κ3) is 4.81. The summed E-state index contributed by atoms with van der Waals surface area (Å²) in [5.41, 5.74) is 1.27. The molecule has 0 unspecified atom stereocenters. The molecule has 0 aliphatic rings. The zero-order valence-electron chi connectivity index (χ0n) is 8.48. The van der Waals surface area contributed by atoms with Gasteiger partial charge in [-0.1, -0.05) is 0 Å². The van der Waals surface area contributed by atoms with Crippen LogP contribution in [0.25, 0.3) is 0 Å². The molecule has 0 amide bonds. The van der Waals surface area contributed by atoms with Gasteiger partial charge in [0.1, 0.15) is 0 Å². The Hall–Kier alpha value is -1.06. The third-order valence-corrected chi connectivity index (χ3v) is 1.75. The highest BCUT2D eigenvalue weighted by Crippen LogP contribution is 2.13. The lowest BCUT2D eigenvalue weighted by molar-refractivity contribution is 0.108. The van der Waals surface area contributed by atoms with Crippen LogP contribution >= 0.6 is 24.0 Å². The number of rotatable bonds is 3. The molecule has 0 aromatic heterocycles. The summed E-state index contributed by atoms with van der Waals surface area (Å²) in [7, 11) is 3.78. The minimum Gasteiger partial charge on any atom is -0.369 e. The topological polar surface area (TPSA) is 32.7 Å². The zero-order chi connectivity index (χ0) is 10.6. The fraction of sp³-hybridized carbons (Fsp3) is 0.200. The highest BCUT2D eigenvalue weighted by molar-refractivity contribution is 6.67. The molecule has 1 aromatic rings. The molecule has 0 fully saturated rings. The second kappa shape index (κ2) is 6.43. The molecule has 5 heteroatoms. The highest BCUT2D eigenvalue weighted by atomic mass is 35.5. The number of carbonyl (C=O) groups is 1. The van der Waals surface area contributed by atoms with Crippen LogP contribution in [-0.2, 0) is 0 Å². The van der Waals surface area contributed by atoms with Gasteiger partial charge in [-0.3, -0.25) is 4.79 Å². The van der Waals surface area contributed by atoms with Crippen molar-refractivity contribution >= 4 is 41.3 Å². The number of carbonyl (C=O) groups excluding carboxylic acids is 1. The van der Waals surface area contributed by atoms with E-state index in [4.69, 9.17) is 11.6 Å². The van der Waals surface area contributed by atoms with E-state index in [-0.39, 0.29) is 12.4 Å². The van der Waals surface area contributed by atoms with E-state index in [0.29, 0.717) is 5.56 Å². The second-order valence-corrected chi connectivity index (χ2v) is 3.37. The van der Waals surface area contributed by atoms with Crippen LogP contribution < -0.4 is 0 Å². The van der Waals surface area contributed by atoms with Crippen molar-refractivity contribution in [3.8, 4) is 0 Å². The molecule has 0 N–H and O–H groups in total. The molecule has 1 rings (SSSR count). The number of halogens is 2. The van der Waals surface area contributed by atoms with Gasteiger partial charge in [-0.15, -0.1) is 12.4 Å². The van der Waals surface area contributed by atoms with Gasteiger partial charge < -0.3 is 4.90 Å². The normalized spacial score (nSPS) is 9.80. The van der Waals surface area contributed by atoms with Crippen molar-refractivity contribution in [3.63, 3.8) is 0 Å². The Labute approximate surface area is 100 Å². The second-order valence-electron chi connectivity index (χ2n) is 3.03. The highest BCUT2D eigenvalue weighted by Gasteiger charge is 1.99. The van der Waals surface area contributed by atoms with Crippen LogP contribution in [0.1, 0.15) is 10.4 Å². The smallest absolute Gasteiger partial charge is 0.252 e. The molecule has 0 aliphatic carbocycles. The summed E-state index contributed by atoms with van der Waals surface area (Å²) in [6.45, 7) is 0. The molecule has 82 valence electrons. The van der Waals surface area contributed by atoms with E-state index in [1.165, 1.54) is 0 Å². The van der Waals surface area contributed by atoms with Crippen molar-refractivity contribution in [2.24, 2.45) is 4.99 Å². The van der Waals surface area contributed by atoms with Crippen molar-refractivity contribution in [3.05, 3.63) is 29.8 Å². The predicted octanol–water partition coefficient (Wildman–Crippen LogP) is 2.71. The monoisotopic (exact) mass is 246 g/mol. The van der Waals surface area contributed by atoms with Crippen LogP contribution in [-0.4, -0.2) is 30.6 Å². The Kier molecular flexibility index (Phi) is 5.97. The Balaban J connectivity index is 0.00000196. The van der Waals surface area contributed by atoms with E-state index in [2.05, 4.69) is 4.99 Å². The van der Waals surface area contributed by atoms with Crippen LogP contribution in [0.5, 0.6) is 0 Å². The standard InChI is InChI=1S/C10H11ClN2O.ClH/c1-13(2)7-12-9-5-3-8(4-6-9)10(11)14;/h3-7H,1-2H3;1H. The Bertz CT molecular complexity index is 347. The van der Waals surface area contributed by atoms with Gasteiger partial charge in [-0.05, 0) is 35.9 Å². The van der Waals surface area contributed by atoms with Crippen LogP contribution in [0.15, 0.2) is 29.3 Å². The fourth-order valence-corrected chi connectivity index (χ4v) is 0.987. The van der Waals surface area contributed by atoms with Gasteiger partial charge in [0, 0.05) is 19.7 Å². The van der Waals surface area contributed by atoms with Crippen LogP contribution in [0.3, 0.4) is 0 Å². The summed E-state index contributed by atoms with van der Waals surface area (Å²) in [6, 6.07) is 6.79. The van der Waals surface area contributed by atoms with Crippen LogP contribution in [0.2, 0.25) is 0 Å². The minimum atomic E-state index is -0.451. The molecule has 0 saturated heterocycles. The summed E-state index contributed by atoms with van der Waals surface area (Å²) < 4.78 is 0. The quantitative estimate of drug-likeness (QED) is 0.467. The molecule has 0 atom stereocenters. The maximum absolute atomic E-state index is 10.7. The minimum absolute atomic E-state index is 0. The summed E-state index contributed by atoms with van der Waals surface area (Å²) in [5, 5.41) is -0.451. The van der Waals surface area contributed by atoms with Crippen molar-refractivity contribution in [1.82, 2.24) is 4.90 Å². The number of hydrogen-bond acceptors (Lipinski definition) is 2. The fourth-order valence-electron chi connectivity index (χ4n) is 0.861. The Morgan fingerprint density at radius 1 is 1.33 bits per heavy atom. The molecule has 0 radical (unpaired) electrons. The molecule has 0 spiro atoms. The summed E-state index contributed by atoms with van der Waals surface area (Å²) in [6.07, 6.45) is 1.69. The van der Waals surface area contributed by atoms with E-state index in [1.807, 2.05) is 19.0 Å². The maximum atomic E-state index is 10.7. The van der Waals surface area contributed by atoms with Crippen LogP contribution in [0.4, 0.5) is 5.69 Å². The number of nitrogens with zero attached hydrogens (tertiary/aromatic N) is 2. The summed E-state index contributed by atoms with van der Waals surface area (Å²) in [5.74, 6) is 0. The molecule has 0 heterocycles. The molecule has 0 saturated carbocycles. The molecule has 1 aromatic carbocycles. The van der Waals surface area contributed by atoms with E-state index < -0.39 is 5.24 Å². The maximum Gasteiger partial charge on any atom is 0.252 e. The summed E-state index contributed by atoms with van der Waals surface area (Å²) >= 11 is 5.30. The Morgan fingerprint density at radius 3 is 2.27 bits per heavy atom. The van der Waals surface area contributed by atoms with Gasteiger partial charge in [0.05, 0.1) is 12.0 Å². The van der Waals surface area contributed by atoms with Gasteiger partial charge in [-0.2, -0.15) is 0 Å². The first-order valence-corrected chi connectivity index (χ1v) is 4.48. The molecular formula is C10H12Cl2N2O. The van der Waals surface area contributed by atoms with Gasteiger partial charge >= 0.3 is 0 Å². The van der Waals surface area contributed by atoms with Gasteiger partial charge in [0.15, 0.2) is 0 Å². The number of aliphatic imine (C=N–C) groups is 1. The van der Waals surface area contributed by atoms with Gasteiger partial charge in [-0.25, -0.2) is 4.99 Å².